The van der Waals surface area contributed by atoms with Gasteiger partial charge in [0.1, 0.15) is 18.9 Å². The Balaban J connectivity index is 1.90. The second kappa shape index (κ2) is 10.7. The predicted octanol–water partition coefficient (Wildman–Crippen LogP) is 4.83. The summed E-state index contributed by atoms with van der Waals surface area (Å²) in [5.74, 6) is -0.734. The summed E-state index contributed by atoms with van der Waals surface area (Å²) < 4.78 is 46.2. The molecule has 1 fully saturated rings. The zero-order chi connectivity index (χ0) is 27.6. The molecule has 2 atom stereocenters. The van der Waals surface area contributed by atoms with E-state index < -0.39 is 36.3 Å². The van der Waals surface area contributed by atoms with Crippen molar-refractivity contribution < 1.29 is 32.7 Å². The Labute approximate surface area is 217 Å². The molecule has 1 saturated heterocycles. The molecule has 2 aromatic carbocycles. The van der Waals surface area contributed by atoms with Gasteiger partial charge in [-0.2, -0.15) is 13.2 Å². The molecule has 0 spiro atoms. The van der Waals surface area contributed by atoms with Gasteiger partial charge in [0.25, 0.3) is 5.91 Å². The number of urea groups is 1. The van der Waals surface area contributed by atoms with Crippen molar-refractivity contribution in [2.75, 3.05) is 24.6 Å². The van der Waals surface area contributed by atoms with Crippen LogP contribution in [0.4, 0.5) is 23.7 Å². The van der Waals surface area contributed by atoms with Gasteiger partial charge in [0.15, 0.2) is 0 Å². The molecule has 0 saturated carbocycles. The maximum Gasteiger partial charge on any atom is 0.416 e. The molecule has 38 heavy (non-hydrogen) atoms. The lowest BCUT2D eigenvalue weighted by molar-refractivity contribution is -0.137. The van der Waals surface area contributed by atoms with Gasteiger partial charge in [0.05, 0.1) is 17.3 Å². The van der Waals surface area contributed by atoms with E-state index in [1.54, 1.807) is 6.92 Å². The molecular formula is C27H27F3N4O4. The van der Waals surface area contributed by atoms with E-state index in [1.807, 2.05) is 24.3 Å². The summed E-state index contributed by atoms with van der Waals surface area (Å²) in [4.78, 5) is 28.4. The Morgan fingerprint density at radius 1 is 1.24 bits per heavy atom. The number of halogens is 3. The van der Waals surface area contributed by atoms with Gasteiger partial charge >= 0.3 is 12.2 Å². The average molecular weight is 529 g/mol. The number of hydrogen-bond donors (Lipinski definition) is 3. The number of hydrogen-bond acceptors (Lipinski definition) is 5. The van der Waals surface area contributed by atoms with Gasteiger partial charge in [-0.05, 0) is 36.2 Å². The Hall–Kier alpha value is -4.09. The zero-order valence-electron chi connectivity index (χ0n) is 20.6. The number of anilines is 1. The Bertz CT molecular complexity index is 1290. The van der Waals surface area contributed by atoms with Crippen LogP contribution >= 0.6 is 0 Å². The largest absolute Gasteiger partial charge is 0.490 e. The van der Waals surface area contributed by atoms with Crippen molar-refractivity contribution in [3.63, 3.8) is 0 Å². The molecule has 8 nitrogen and oxygen atoms in total. The highest BCUT2D eigenvalue weighted by Crippen LogP contribution is 2.43. The fourth-order valence-corrected chi connectivity index (χ4v) is 4.47. The summed E-state index contributed by atoms with van der Waals surface area (Å²) in [5, 5.41) is 12.4. The van der Waals surface area contributed by atoms with Gasteiger partial charge < -0.3 is 15.0 Å². The molecule has 0 bridgehead atoms. The molecule has 4 rings (SSSR count). The van der Waals surface area contributed by atoms with Gasteiger partial charge in [-0.3, -0.25) is 14.9 Å². The molecule has 2 aromatic rings. The summed E-state index contributed by atoms with van der Waals surface area (Å²) in [7, 11) is 0. The first kappa shape index (κ1) is 27.0. The summed E-state index contributed by atoms with van der Waals surface area (Å²) in [6.45, 7) is 9.57. The zero-order valence-corrected chi connectivity index (χ0v) is 20.6. The molecule has 200 valence electrons. The molecule has 3 N–H and O–H groups in total. The van der Waals surface area contributed by atoms with Crippen LogP contribution in [0.5, 0.6) is 0 Å². The third-order valence-electron chi connectivity index (χ3n) is 6.36. The Kier molecular flexibility index (Phi) is 7.61. The third kappa shape index (κ3) is 5.43. The lowest BCUT2D eigenvalue weighted by Gasteiger charge is -2.43. The highest BCUT2D eigenvalue weighted by molar-refractivity contribution is 5.99. The van der Waals surface area contributed by atoms with Crippen molar-refractivity contribution in [1.29, 1.82) is 0 Å². The van der Waals surface area contributed by atoms with E-state index in [1.165, 1.54) is 23.7 Å². The normalized spacial score (nSPS) is 19.3. The first-order chi connectivity index (χ1) is 18.1. The van der Waals surface area contributed by atoms with Crippen LogP contribution in [-0.2, 0) is 15.7 Å². The molecular weight excluding hydrogens is 501 g/mol. The summed E-state index contributed by atoms with van der Waals surface area (Å²) in [6.07, 6.45) is -3.13. The second-order valence-electron chi connectivity index (χ2n) is 8.88. The molecule has 0 aliphatic carbocycles. The minimum Gasteiger partial charge on any atom is -0.490 e. The van der Waals surface area contributed by atoms with E-state index in [0.29, 0.717) is 11.1 Å². The number of ether oxygens (including phenoxy) is 1. The lowest BCUT2D eigenvalue weighted by Crippen LogP contribution is -2.52. The van der Waals surface area contributed by atoms with Crippen LogP contribution in [0.2, 0.25) is 0 Å². The minimum absolute atomic E-state index is 0.0561. The molecule has 2 heterocycles. The number of carbonyl (C=O) groups is 2. The van der Waals surface area contributed by atoms with Crippen molar-refractivity contribution in [3.8, 4) is 0 Å². The van der Waals surface area contributed by atoms with Crippen molar-refractivity contribution in [1.82, 2.24) is 15.7 Å². The highest BCUT2D eigenvalue weighted by atomic mass is 19.4. The summed E-state index contributed by atoms with van der Waals surface area (Å²) in [6, 6.07) is 10.3. The molecule has 2 aliphatic heterocycles. The van der Waals surface area contributed by atoms with Gasteiger partial charge in [0, 0.05) is 23.9 Å². The fraction of sp³-hybridized carbons (Fsp3) is 0.259. The van der Waals surface area contributed by atoms with Crippen LogP contribution in [0, 0.1) is 0 Å². The van der Waals surface area contributed by atoms with E-state index in [0.717, 1.165) is 34.0 Å². The number of allylic oxidation sites excluding steroid dienone is 1. The van der Waals surface area contributed by atoms with Crippen LogP contribution in [0.25, 0.3) is 0 Å². The molecule has 0 radical (unpaired) electrons. The molecule has 2 unspecified atom stereocenters. The minimum atomic E-state index is -4.64. The first-order valence-corrected chi connectivity index (χ1v) is 11.7. The Morgan fingerprint density at radius 3 is 2.47 bits per heavy atom. The number of alkyl halides is 3. The van der Waals surface area contributed by atoms with Crippen LogP contribution < -0.4 is 15.7 Å². The standard InChI is InChI=1S/C27H27F3N4O4/c1-4-12-38-17(3)24-16(2)34(21-7-5-6-20(13-21)27(28,29)30)26(36)33(15-23(35)32-37)25(24)19-10-8-18(9-11-19)22-14-31-22/h4-11,13,22,25,31,37H,1,3,12,14-15H2,2H3,(H,32,35). The molecule has 0 aromatic heterocycles. The number of nitrogens with one attached hydrogen (secondary N) is 2. The maximum absolute atomic E-state index is 13.9. The van der Waals surface area contributed by atoms with Crippen LogP contribution in [-0.4, -0.2) is 41.7 Å². The number of nitrogens with zero attached hydrogens (tertiary/aromatic N) is 2. The molecule has 3 amide bonds. The quantitative estimate of drug-likeness (QED) is 0.142. The fourth-order valence-electron chi connectivity index (χ4n) is 4.47. The Morgan fingerprint density at radius 2 is 1.89 bits per heavy atom. The third-order valence-corrected chi connectivity index (χ3v) is 6.36. The number of carbonyl (C=O) groups excluding carboxylic acids is 2. The van der Waals surface area contributed by atoms with Crippen LogP contribution in [0.15, 0.2) is 84.8 Å². The summed E-state index contributed by atoms with van der Waals surface area (Å²) >= 11 is 0. The van der Waals surface area contributed by atoms with Gasteiger partial charge in [0.2, 0.25) is 0 Å². The maximum atomic E-state index is 13.9. The smallest absolute Gasteiger partial charge is 0.416 e. The van der Waals surface area contributed by atoms with E-state index in [-0.39, 0.29) is 29.8 Å². The van der Waals surface area contributed by atoms with Crippen molar-refractivity contribution in [2.45, 2.75) is 25.2 Å². The van der Waals surface area contributed by atoms with E-state index >= 15 is 0 Å². The highest BCUT2D eigenvalue weighted by Gasteiger charge is 2.42. The monoisotopic (exact) mass is 528 g/mol. The lowest BCUT2D eigenvalue weighted by atomic mass is 9.90. The van der Waals surface area contributed by atoms with Crippen molar-refractivity contribution >= 4 is 17.6 Å². The molecule has 11 heteroatoms. The van der Waals surface area contributed by atoms with Crippen molar-refractivity contribution in [2.24, 2.45) is 0 Å². The topological polar surface area (TPSA) is 104 Å². The first-order valence-electron chi connectivity index (χ1n) is 11.7. The average Bonchev–Trinajstić information content (AvgIpc) is 3.74. The SMILES string of the molecule is C=CCOC(=C)C1=C(C)N(c2cccc(C(F)(F)F)c2)C(=O)N(CC(=O)NO)C1c1ccc(C2CN2)cc1. The number of rotatable bonds is 9. The van der Waals surface area contributed by atoms with Crippen molar-refractivity contribution in [3.05, 3.63) is 101 Å². The second-order valence-corrected chi connectivity index (χ2v) is 8.88. The number of benzene rings is 2. The van der Waals surface area contributed by atoms with Gasteiger partial charge in [-0.15, -0.1) is 0 Å². The van der Waals surface area contributed by atoms with E-state index in [2.05, 4.69) is 18.5 Å². The number of hydroxylamine groups is 1. The van der Waals surface area contributed by atoms with Gasteiger partial charge in [-0.1, -0.05) is 49.6 Å². The van der Waals surface area contributed by atoms with E-state index in [9.17, 15) is 28.0 Å². The molecule has 2 aliphatic rings. The number of amides is 3. The van der Waals surface area contributed by atoms with Crippen LogP contribution in [0.3, 0.4) is 0 Å². The van der Waals surface area contributed by atoms with E-state index in [4.69, 9.17) is 4.74 Å². The van der Waals surface area contributed by atoms with Crippen LogP contribution in [0.1, 0.15) is 35.7 Å². The predicted molar refractivity (Wildman–Crippen MR) is 134 cm³/mol. The van der Waals surface area contributed by atoms with Gasteiger partial charge in [-0.25, -0.2) is 10.3 Å². The summed E-state index contributed by atoms with van der Waals surface area (Å²) in [5.41, 5.74) is 2.85.